The second-order valence-corrected chi connectivity index (χ2v) is 4.66. The van der Waals surface area contributed by atoms with Crippen LogP contribution in [-0.4, -0.2) is 28.6 Å². The van der Waals surface area contributed by atoms with E-state index in [9.17, 15) is 4.79 Å². The van der Waals surface area contributed by atoms with Crippen LogP contribution in [0.4, 0.5) is 0 Å². The molecule has 4 heteroatoms. The van der Waals surface area contributed by atoms with Gasteiger partial charge in [0.2, 0.25) is 0 Å². The molecular formula is C15H18N2O2. The van der Waals surface area contributed by atoms with Crippen LogP contribution in [0.5, 0.6) is 0 Å². The van der Waals surface area contributed by atoms with Crippen LogP contribution in [0.3, 0.4) is 0 Å². The number of aromatic nitrogens is 1. The van der Waals surface area contributed by atoms with Crippen molar-refractivity contribution in [3.05, 3.63) is 29.6 Å². The summed E-state index contributed by atoms with van der Waals surface area (Å²) in [6.45, 7) is 2.15. The third kappa shape index (κ3) is 3.55. The monoisotopic (exact) mass is 258 g/mol. The van der Waals surface area contributed by atoms with E-state index in [1.807, 2.05) is 0 Å². The SMILES string of the molecule is CCC1CC1NC(=O)c1ncccc1C#CCCO. The quantitative estimate of drug-likeness (QED) is 0.801. The molecule has 4 nitrogen and oxygen atoms in total. The van der Waals surface area contributed by atoms with Crippen LogP contribution in [0.25, 0.3) is 0 Å². The highest BCUT2D eigenvalue weighted by atomic mass is 16.2. The first-order chi connectivity index (χ1) is 9.26. The standard InChI is InChI=1S/C15H18N2O2/c1-2-11-10-13(11)17-15(19)14-12(6-3-4-9-18)7-5-8-16-14/h5,7-8,11,13,18H,2,4,9-10H2,1H3,(H,17,19). The number of aliphatic hydroxyl groups is 1. The van der Waals surface area contributed by atoms with Crippen molar-refractivity contribution in [2.24, 2.45) is 5.92 Å². The molecule has 2 unspecified atom stereocenters. The first-order valence-electron chi connectivity index (χ1n) is 6.61. The molecule has 2 N–H and O–H groups in total. The molecule has 1 heterocycles. The molecule has 0 radical (unpaired) electrons. The van der Waals surface area contributed by atoms with Gasteiger partial charge in [-0.15, -0.1) is 0 Å². The minimum atomic E-state index is -0.158. The van der Waals surface area contributed by atoms with Crippen LogP contribution < -0.4 is 5.32 Å². The lowest BCUT2D eigenvalue weighted by Gasteiger charge is -2.05. The summed E-state index contributed by atoms with van der Waals surface area (Å²) in [6, 6.07) is 3.82. The number of nitrogens with zero attached hydrogens (tertiary/aromatic N) is 1. The van der Waals surface area contributed by atoms with Gasteiger partial charge in [0.05, 0.1) is 12.2 Å². The van der Waals surface area contributed by atoms with Gasteiger partial charge < -0.3 is 10.4 Å². The molecule has 0 aromatic carbocycles. The predicted molar refractivity (Wildman–Crippen MR) is 72.5 cm³/mol. The van der Waals surface area contributed by atoms with E-state index in [4.69, 9.17) is 5.11 Å². The first kappa shape index (κ1) is 13.6. The van der Waals surface area contributed by atoms with Crippen molar-refractivity contribution < 1.29 is 9.90 Å². The Morgan fingerprint density at radius 3 is 3.16 bits per heavy atom. The maximum absolute atomic E-state index is 12.1. The van der Waals surface area contributed by atoms with Crippen molar-refractivity contribution in [2.75, 3.05) is 6.61 Å². The highest BCUT2D eigenvalue weighted by Crippen LogP contribution is 2.33. The van der Waals surface area contributed by atoms with Gasteiger partial charge >= 0.3 is 0 Å². The van der Waals surface area contributed by atoms with E-state index in [1.54, 1.807) is 18.3 Å². The Balaban J connectivity index is 2.07. The van der Waals surface area contributed by atoms with Gasteiger partial charge in [-0.2, -0.15) is 0 Å². The van der Waals surface area contributed by atoms with Crippen molar-refractivity contribution >= 4 is 5.91 Å². The molecule has 1 aliphatic carbocycles. The number of carbonyl (C=O) groups excluding carboxylic acids is 1. The fourth-order valence-corrected chi connectivity index (χ4v) is 2.01. The summed E-state index contributed by atoms with van der Waals surface area (Å²) in [4.78, 5) is 16.2. The van der Waals surface area contributed by atoms with Gasteiger partial charge in [-0.3, -0.25) is 4.79 Å². The smallest absolute Gasteiger partial charge is 0.271 e. The molecule has 1 fully saturated rings. The predicted octanol–water partition coefficient (Wildman–Crippen LogP) is 1.34. The van der Waals surface area contributed by atoms with Crippen molar-refractivity contribution in [3.8, 4) is 11.8 Å². The summed E-state index contributed by atoms with van der Waals surface area (Å²) in [7, 11) is 0. The summed E-state index contributed by atoms with van der Waals surface area (Å²) >= 11 is 0. The largest absolute Gasteiger partial charge is 0.395 e. The van der Waals surface area contributed by atoms with Crippen LogP contribution in [0.2, 0.25) is 0 Å². The third-order valence-electron chi connectivity index (χ3n) is 3.25. The number of pyridine rings is 1. The molecule has 0 saturated heterocycles. The van der Waals surface area contributed by atoms with Gasteiger partial charge in [0, 0.05) is 18.7 Å². The van der Waals surface area contributed by atoms with E-state index in [0.717, 1.165) is 12.8 Å². The molecule has 0 aliphatic heterocycles. The Bertz CT molecular complexity index is 516. The second kappa shape index (κ2) is 6.35. The number of nitrogens with one attached hydrogen (secondary N) is 1. The number of carbonyl (C=O) groups is 1. The van der Waals surface area contributed by atoms with Crippen LogP contribution >= 0.6 is 0 Å². The van der Waals surface area contributed by atoms with E-state index < -0.39 is 0 Å². The number of rotatable bonds is 4. The summed E-state index contributed by atoms with van der Waals surface area (Å²) < 4.78 is 0. The minimum Gasteiger partial charge on any atom is -0.395 e. The van der Waals surface area contributed by atoms with Crippen LogP contribution in [0.1, 0.15) is 42.2 Å². The van der Waals surface area contributed by atoms with Crippen LogP contribution in [0, 0.1) is 17.8 Å². The zero-order valence-corrected chi connectivity index (χ0v) is 11.0. The molecule has 0 bridgehead atoms. The van der Waals surface area contributed by atoms with Gasteiger partial charge in [-0.25, -0.2) is 4.98 Å². The Morgan fingerprint density at radius 1 is 1.63 bits per heavy atom. The van der Waals surface area contributed by atoms with Crippen molar-refractivity contribution in [2.45, 2.75) is 32.2 Å². The molecule has 1 aliphatic rings. The summed E-state index contributed by atoms with van der Waals surface area (Å²) in [5.74, 6) is 6.15. The molecule has 0 spiro atoms. The maximum Gasteiger partial charge on any atom is 0.271 e. The average molecular weight is 258 g/mol. The van der Waals surface area contributed by atoms with E-state index in [-0.39, 0.29) is 18.6 Å². The van der Waals surface area contributed by atoms with E-state index in [1.165, 1.54) is 0 Å². The van der Waals surface area contributed by atoms with E-state index in [0.29, 0.717) is 23.6 Å². The van der Waals surface area contributed by atoms with Crippen LogP contribution in [-0.2, 0) is 0 Å². The lowest BCUT2D eigenvalue weighted by molar-refractivity contribution is 0.0943. The van der Waals surface area contributed by atoms with Gasteiger partial charge in [-0.1, -0.05) is 25.2 Å². The normalized spacial score (nSPS) is 20.3. The number of hydrogen-bond donors (Lipinski definition) is 2. The molecule has 1 amide bonds. The van der Waals surface area contributed by atoms with E-state index in [2.05, 4.69) is 29.1 Å². The Morgan fingerprint density at radius 2 is 2.47 bits per heavy atom. The van der Waals surface area contributed by atoms with Gasteiger partial charge in [0.15, 0.2) is 0 Å². The lowest BCUT2D eigenvalue weighted by atomic mass is 10.2. The zero-order valence-electron chi connectivity index (χ0n) is 11.0. The molecular weight excluding hydrogens is 240 g/mol. The summed E-state index contributed by atoms with van der Waals surface area (Å²) in [5.41, 5.74) is 0.983. The van der Waals surface area contributed by atoms with Crippen molar-refractivity contribution in [1.82, 2.24) is 10.3 Å². The fourth-order valence-electron chi connectivity index (χ4n) is 2.01. The Labute approximate surface area is 113 Å². The van der Waals surface area contributed by atoms with Gasteiger partial charge in [0.1, 0.15) is 5.69 Å². The van der Waals surface area contributed by atoms with Crippen molar-refractivity contribution in [3.63, 3.8) is 0 Å². The summed E-state index contributed by atoms with van der Waals surface area (Å²) in [6.07, 6.45) is 4.14. The molecule has 1 aromatic heterocycles. The van der Waals surface area contributed by atoms with Gasteiger partial charge in [0.25, 0.3) is 5.91 Å². The number of hydrogen-bond acceptors (Lipinski definition) is 3. The number of aliphatic hydroxyl groups excluding tert-OH is 1. The molecule has 2 atom stereocenters. The summed E-state index contributed by atoms with van der Waals surface area (Å²) in [5, 5.41) is 11.7. The molecule has 100 valence electrons. The molecule has 1 aromatic rings. The number of amides is 1. The van der Waals surface area contributed by atoms with Crippen molar-refractivity contribution in [1.29, 1.82) is 0 Å². The highest BCUT2D eigenvalue weighted by molar-refractivity contribution is 5.95. The Kier molecular flexibility index (Phi) is 4.53. The van der Waals surface area contributed by atoms with Crippen LogP contribution in [0.15, 0.2) is 18.3 Å². The second-order valence-electron chi connectivity index (χ2n) is 4.66. The average Bonchev–Trinajstić information content (AvgIpc) is 3.18. The first-order valence-corrected chi connectivity index (χ1v) is 6.61. The lowest BCUT2D eigenvalue weighted by Crippen LogP contribution is -2.28. The molecule has 19 heavy (non-hydrogen) atoms. The van der Waals surface area contributed by atoms with E-state index >= 15 is 0 Å². The molecule has 2 rings (SSSR count). The highest BCUT2D eigenvalue weighted by Gasteiger charge is 2.36. The topological polar surface area (TPSA) is 62.2 Å². The zero-order chi connectivity index (χ0) is 13.7. The third-order valence-corrected chi connectivity index (χ3v) is 3.25. The fraction of sp³-hybridized carbons (Fsp3) is 0.467. The van der Waals surface area contributed by atoms with Gasteiger partial charge in [-0.05, 0) is 24.5 Å². The molecule has 1 saturated carbocycles. The minimum absolute atomic E-state index is 0.0229. The maximum atomic E-state index is 12.1. The Hall–Kier alpha value is -1.86.